The summed E-state index contributed by atoms with van der Waals surface area (Å²) in [6.07, 6.45) is 4.15. The monoisotopic (exact) mass is 410 g/mol. The molecule has 7 nitrogen and oxygen atoms in total. The van der Waals surface area contributed by atoms with Gasteiger partial charge in [0, 0.05) is 25.5 Å². The van der Waals surface area contributed by atoms with E-state index in [0.29, 0.717) is 33.9 Å². The third-order valence-corrected chi connectivity index (χ3v) is 4.96. The number of rotatable bonds is 5. The molecule has 3 rings (SSSR count). The van der Waals surface area contributed by atoms with Crippen molar-refractivity contribution in [2.24, 2.45) is 0 Å². The van der Waals surface area contributed by atoms with Crippen LogP contribution in [0.1, 0.15) is 28.3 Å². The SMILES string of the molecule is Cc1nn(CCCNC(=O)c2nn3cccnc3c2Br)c(C)c1Cl. The Hall–Kier alpha value is -1.93. The van der Waals surface area contributed by atoms with Gasteiger partial charge >= 0.3 is 0 Å². The number of aryl methyl sites for hydroxylation is 2. The molecule has 0 saturated heterocycles. The van der Waals surface area contributed by atoms with Crippen molar-refractivity contribution in [2.45, 2.75) is 26.8 Å². The van der Waals surface area contributed by atoms with Gasteiger partial charge in [-0.15, -0.1) is 0 Å². The fourth-order valence-corrected chi connectivity index (χ4v) is 3.09. The van der Waals surface area contributed by atoms with E-state index in [1.54, 1.807) is 23.0 Å². The van der Waals surface area contributed by atoms with E-state index in [9.17, 15) is 4.79 Å². The van der Waals surface area contributed by atoms with Crippen LogP contribution in [0.3, 0.4) is 0 Å². The van der Waals surface area contributed by atoms with Gasteiger partial charge in [0.05, 0.1) is 20.9 Å². The van der Waals surface area contributed by atoms with Crippen molar-refractivity contribution in [3.05, 3.63) is 45.0 Å². The highest BCUT2D eigenvalue weighted by molar-refractivity contribution is 9.10. The molecule has 3 aromatic heterocycles. The number of nitrogens with zero attached hydrogens (tertiary/aromatic N) is 5. The molecule has 1 amide bonds. The molecule has 0 aliphatic carbocycles. The first-order valence-electron chi connectivity index (χ1n) is 7.45. The first-order valence-corrected chi connectivity index (χ1v) is 8.62. The number of hydrogen-bond donors (Lipinski definition) is 1. The van der Waals surface area contributed by atoms with E-state index < -0.39 is 0 Å². The quantitative estimate of drug-likeness (QED) is 0.655. The van der Waals surface area contributed by atoms with Gasteiger partial charge in [-0.2, -0.15) is 10.2 Å². The van der Waals surface area contributed by atoms with Gasteiger partial charge < -0.3 is 5.32 Å². The Kier molecular flexibility index (Phi) is 4.86. The molecule has 3 aromatic rings. The van der Waals surface area contributed by atoms with E-state index in [1.807, 2.05) is 18.5 Å². The van der Waals surface area contributed by atoms with Crippen LogP contribution in [0.5, 0.6) is 0 Å². The average Bonchev–Trinajstić information content (AvgIpc) is 3.04. The van der Waals surface area contributed by atoms with Gasteiger partial charge in [0.15, 0.2) is 11.3 Å². The van der Waals surface area contributed by atoms with Crippen LogP contribution in [0.2, 0.25) is 5.02 Å². The van der Waals surface area contributed by atoms with Crippen molar-refractivity contribution in [3.63, 3.8) is 0 Å². The van der Waals surface area contributed by atoms with Crippen molar-refractivity contribution in [1.29, 1.82) is 0 Å². The smallest absolute Gasteiger partial charge is 0.273 e. The zero-order valence-electron chi connectivity index (χ0n) is 13.3. The minimum absolute atomic E-state index is 0.237. The third-order valence-electron chi connectivity index (χ3n) is 3.68. The Bertz CT molecular complexity index is 903. The van der Waals surface area contributed by atoms with Gasteiger partial charge in [-0.3, -0.25) is 9.48 Å². The summed E-state index contributed by atoms with van der Waals surface area (Å²) in [7, 11) is 0. The van der Waals surface area contributed by atoms with Gasteiger partial charge in [-0.1, -0.05) is 11.6 Å². The predicted molar refractivity (Wildman–Crippen MR) is 94.3 cm³/mol. The Morgan fingerprint density at radius 2 is 2.17 bits per heavy atom. The number of fused-ring (bicyclic) bond motifs is 1. The fourth-order valence-electron chi connectivity index (χ4n) is 2.41. The second-order valence-electron chi connectivity index (χ2n) is 5.37. The number of hydrogen-bond acceptors (Lipinski definition) is 4. The molecule has 0 aliphatic rings. The summed E-state index contributed by atoms with van der Waals surface area (Å²) in [5.74, 6) is -0.237. The highest BCUT2D eigenvalue weighted by atomic mass is 79.9. The molecule has 0 saturated carbocycles. The number of nitrogens with one attached hydrogen (secondary N) is 1. The maximum atomic E-state index is 12.3. The van der Waals surface area contributed by atoms with Crippen LogP contribution in [-0.2, 0) is 6.54 Å². The molecule has 0 spiro atoms. The molecular weight excluding hydrogens is 396 g/mol. The third kappa shape index (κ3) is 3.16. The lowest BCUT2D eigenvalue weighted by Gasteiger charge is -2.06. The molecule has 0 unspecified atom stereocenters. The first kappa shape index (κ1) is 16.9. The Morgan fingerprint density at radius 3 is 2.83 bits per heavy atom. The summed E-state index contributed by atoms with van der Waals surface area (Å²) in [6, 6.07) is 1.76. The van der Waals surface area contributed by atoms with Crippen LogP contribution in [0.15, 0.2) is 22.9 Å². The van der Waals surface area contributed by atoms with Gasteiger partial charge in [-0.25, -0.2) is 9.50 Å². The van der Waals surface area contributed by atoms with Crippen molar-refractivity contribution >= 4 is 39.1 Å². The van der Waals surface area contributed by atoms with E-state index in [2.05, 4.69) is 36.4 Å². The second-order valence-corrected chi connectivity index (χ2v) is 6.54. The highest BCUT2D eigenvalue weighted by Gasteiger charge is 2.17. The van der Waals surface area contributed by atoms with Crippen LogP contribution in [0, 0.1) is 13.8 Å². The summed E-state index contributed by atoms with van der Waals surface area (Å²) >= 11 is 9.51. The molecule has 3 heterocycles. The highest BCUT2D eigenvalue weighted by Crippen LogP contribution is 2.20. The molecule has 0 atom stereocenters. The van der Waals surface area contributed by atoms with Crippen molar-refractivity contribution < 1.29 is 4.79 Å². The van der Waals surface area contributed by atoms with Crippen molar-refractivity contribution in [1.82, 2.24) is 29.7 Å². The predicted octanol–water partition coefficient (Wildman–Crippen LogP) is 2.78. The second kappa shape index (κ2) is 6.90. The Balaban J connectivity index is 1.59. The van der Waals surface area contributed by atoms with Crippen LogP contribution in [-0.4, -0.2) is 36.8 Å². The molecule has 0 radical (unpaired) electrons. The summed E-state index contributed by atoms with van der Waals surface area (Å²) in [5, 5.41) is 12.2. The van der Waals surface area contributed by atoms with Crippen LogP contribution in [0.4, 0.5) is 0 Å². The van der Waals surface area contributed by atoms with Crippen molar-refractivity contribution in [3.8, 4) is 0 Å². The molecule has 9 heteroatoms. The minimum atomic E-state index is -0.237. The van der Waals surface area contributed by atoms with E-state index >= 15 is 0 Å². The number of aromatic nitrogens is 5. The molecule has 1 N–H and O–H groups in total. The van der Waals surface area contributed by atoms with Crippen LogP contribution in [0.25, 0.3) is 5.65 Å². The van der Waals surface area contributed by atoms with E-state index in [0.717, 1.165) is 17.8 Å². The largest absolute Gasteiger partial charge is 0.351 e. The van der Waals surface area contributed by atoms with Crippen LogP contribution < -0.4 is 5.32 Å². The molecule has 0 aliphatic heterocycles. The van der Waals surface area contributed by atoms with Gasteiger partial charge in [0.1, 0.15) is 0 Å². The molecular formula is C15H16BrClN6O. The summed E-state index contributed by atoms with van der Waals surface area (Å²) in [5.41, 5.74) is 2.69. The zero-order valence-corrected chi connectivity index (χ0v) is 15.6. The van der Waals surface area contributed by atoms with E-state index in [-0.39, 0.29) is 5.91 Å². The number of halogens is 2. The van der Waals surface area contributed by atoms with E-state index in [4.69, 9.17) is 11.6 Å². The van der Waals surface area contributed by atoms with Crippen LogP contribution >= 0.6 is 27.5 Å². The number of carbonyl (C=O) groups is 1. The molecule has 0 bridgehead atoms. The van der Waals surface area contributed by atoms with Gasteiger partial charge in [0.25, 0.3) is 5.91 Å². The van der Waals surface area contributed by atoms with Gasteiger partial charge in [-0.05, 0) is 42.3 Å². The van der Waals surface area contributed by atoms with Gasteiger partial charge in [0.2, 0.25) is 0 Å². The average molecular weight is 412 g/mol. The molecule has 126 valence electrons. The maximum Gasteiger partial charge on any atom is 0.273 e. The topological polar surface area (TPSA) is 77.1 Å². The summed E-state index contributed by atoms with van der Waals surface area (Å²) < 4.78 is 4.01. The standard InChI is InChI=1S/C15H16BrClN6O/c1-9-12(17)10(2)22(20-9)7-4-6-19-15(24)13-11(16)14-18-5-3-8-23(14)21-13/h3,5,8H,4,6-7H2,1-2H3,(H,19,24). The lowest BCUT2D eigenvalue weighted by atomic mass is 10.3. The molecule has 24 heavy (non-hydrogen) atoms. The lowest BCUT2D eigenvalue weighted by Crippen LogP contribution is -2.26. The normalized spacial score (nSPS) is 11.2. The summed E-state index contributed by atoms with van der Waals surface area (Å²) in [4.78, 5) is 16.5. The lowest BCUT2D eigenvalue weighted by molar-refractivity contribution is 0.0946. The summed E-state index contributed by atoms with van der Waals surface area (Å²) in [6.45, 7) is 5.01. The Morgan fingerprint density at radius 1 is 1.38 bits per heavy atom. The number of carbonyl (C=O) groups excluding carboxylic acids is 1. The van der Waals surface area contributed by atoms with Crippen molar-refractivity contribution in [2.75, 3.05) is 6.54 Å². The zero-order chi connectivity index (χ0) is 17.3. The number of amides is 1. The first-order chi connectivity index (χ1) is 11.5. The van der Waals surface area contributed by atoms with E-state index in [1.165, 1.54) is 0 Å². The maximum absolute atomic E-state index is 12.3. The minimum Gasteiger partial charge on any atom is -0.351 e. The Labute approximate surface area is 152 Å². The molecule has 0 aromatic carbocycles. The molecule has 0 fully saturated rings. The fraction of sp³-hybridized carbons (Fsp3) is 0.333.